The summed E-state index contributed by atoms with van der Waals surface area (Å²) in [5, 5.41) is 8.99. The Morgan fingerprint density at radius 2 is 2.04 bits per heavy atom. The molecule has 10 heteroatoms. The van der Waals surface area contributed by atoms with Crippen molar-refractivity contribution < 1.29 is 52.6 Å². The predicted octanol–water partition coefficient (Wildman–Crippen LogP) is 3.94. The Balaban J connectivity index is 2.82. The SMILES string of the molecule is [2H]C([2H])([2H])C([2H])([2H])c1cc(OC(F)(F)F)cc2c1O[C@H](C(F)(F)F)C(C(=O)O)=C2. The summed E-state index contributed by atoms with van der Waals surface area (Å²) < 4.78 is 123. The van der Waals surface area contributed by atoms with Gasteiger partial charge >= 0.3 is 18.5 Å². The van der Waals surface area contributed by atoms with E-state index in [0.29, 0.717) is 12.1 Å². The second kappa shape index (κ2) is 5.91. The highest BCUT2D eigenvalue weighted by Gasteiger charge is 2.48. The van der Waals surface area contributed by atoms with E-state index in [2.05, 4.69) is 9.47 Å². The first-order valence-corrected chi connectivity index (χ1v) is 5.97. The molecule has 0 aliphatic carbocycles. The van der Waals surface area contributed by atoms with Crippen molar-refractivity contribution in [1.82, 2.24) is 0 Å². The lowest BCUT2D eigenvalue weighted by Crippen LogP contribution is -2.40. The van der Waals surface area contributed by atoms with E-state index in [9.17, 15) is 31.1 Å². The molecule has 1 N–H and O–H groups in total. The van der Waals surface area contributed by atoms with Gasteiger partial charge in [0.1, 0.15) is 11.5 Å². The van der Waals surface area contributed by atoms with Crippen LogP contribution in [0.4, 0.5) is 26.3 Å². The van der Waals surface area contributed by atoms with E-state index in [4.69, 9.17) is 12.0 Å². The van der Waals surface area contributed by atoms with E-state index in [1.165, 1.54) is 0 Å². The lowest BCUT2D eigenvalue weighted by atomic mass is 9.97. The highest BCUT2D eigenvalue weighted by atomic mass is 19.4. The van der Waals surface area contributed by atoms with Crippen molar-refractivity contribution in [2.75, 3.05) is 0 Å². The van der Waals surface area contributed by atoms with Gasteiger partial charge in [0, 0.05) is 12.4 Å². The van der Waals surface area contributed by atoms with E-state index in [1.54, 1.807) is 0 Å². The molecule has 1 aromatic carbocycles. The van der Waals surface area contributed by atoms with Gasteiger partial charge in [-0.3, -0.25) is 0 Å². The normalized spacial score (nSPS) is 21.8. The van der Waals surface area contributed by atoms with Crippen molar-refractivity contribution in [3.8, 4) is 11.5 Å². The molecular weight excluding hydrogens is 346 g/mol. The molecule has 4 nitrogen and oxygen atoms in total. The third kappa shape index (κ3) is 3.74. The number of benzene rings is 1. The number of aliphatic carboxylic acids is 1. The fourth-order valence-corrected chi connectivity index (χ4v) is 1.99. The molecule has 1 aliphatic heterocycles. The highest BCUT2D eigenvalue weighted by molar-refractivity contribution is 5.95. The smallest absolute Gasteiger partial charge is 0.478 e. The van der Waals surface area contributed by atoms with Crippen molar-refractivity contribution >= 4 is 12.0 Å². The van der Waals surface area contributed by atoms with E-state index >= 15 is 0 Å². The second-order valence-corrected chi connectivity index (χ2v) is 4.51. The van der Waals surface area contributed by atoms with Crippen LogP contribution in [0.25, 0.3) is 6.08 Å². The number of carboxylic acid groups (broad SMARTS) is 1. The number of aryl methyl sites for hydroxylation is 1. The van der Waals surface area contributed by atoms with Gasteiger partial charge in [-0.1, -0.05) is 6.85 Å². The van der Waals surface area contributed by atoms with Crippen LogP contribution in [-0.2, 0) is 11.2 Å². The number of hydrogen-bond donors (Lipinski definition) is 1. The summed E-state index contributed by atoms with van der Waals surface area (Å²) in [5.74, 6) is -4.33. The van der Waals surface area contributed by atoms with Crippen LogP contribution in [0.2, 0.25) is 0 Å². The maximum Gasteiger partial charge on any atom is 0.573 e. The predicted molar refractivity (Wildman–Crippen MR) is 68.6 cm³/mol. The molecule has 0 saturated heterocycles. The van der Waals surface area contributed by atoms with Crippen LogP contribution in [0.1, 0.15) is 24.8 Å². The van der Waals surface area contributed by atoms with Crippen LogP contribution in [-0.4, -0.2) is 29.7 Å². The number of alkyl halides is 6. The minimum Gasteiger partial charge on any atom is -0.478 e. The van der Waals surface area contributed by atoms with Crippen molar-refractivity contribution in [2.24, 2.45) is 0 Å². The third-order valence-electron chi connectivity index (χ3n) is 2.83. The van der Waals surface area contributed by atoms with E-state index < -0.39 is 66.0 Å². The van der Waals surface area contributed by atoms with Crippen LogP contribution >= 0.6 is 0 Å². The van der Waals surface area contributed by atoms with Gasteiger partial charge in [0.25, 0.3) is 0 Å². The summed E-state index contributed by atoms with van der Waals surface area (Å²) in [6.45, 7) is -3.52. The molecule has 2 rings (SSSR count). The largest absolute Gasteiger partial charge is 0.573 e. The summed E-state index contributed by atoms with van der Waals surface area (Å²) in [6.07, 6.45) is -16.9. The topological polar surface area (TPSA) is 55.8 Å². The van der Waals surface area contributed by atoms with Gasteiger partial charge in [-0.2, -0.15) is 13.2 Å². The molecule has 1 atom stereocenters. The van der Waals surface area contributed by atoms with Crippen LogP contribution in [0.5, 0.6) is 11.5 Å². The van der Waals surface area contributed by atoms with Gasteiger partial charge < -0.3 is 14.6 Å². The molecule has 0 spiro atoms. The quantitative estimate of drug-likeness (QED) is 0.829. The number of ether oxygens (including phenoxy) is 2. The zero-order chi connectivity index (χ0) is 22.6. The molecule has 1 aliphatic rings. The van der Waals surface area contributed by atoms with Crippen molar-refractivity contribution in [3.05, 3.63) is 28.8 Å². The first kappa shape index (κ1) is 12.0. The molecule has 132 valence electrons. The van der Waals surface area contributed by atoms with Crippen LogP contribution in [0, 0.1) is 0 Å². The summed E-state index contributed by atoms with van der Waals surface area (Å²) in [7, 11) is 0. The lowest BCUT2D eigenvalue weighted by molar-refractivity contribution is -0.274. The molecule has 1 aromatic rings. The Hall–Kier alpha value is -2.39. The molecule has 1 heterocycles. The second-order valence-electron chi connectivity index (χ2n) is 4.51. The highest BCUT2D eigenvalue weighted by Crippen LogP contribution is 2.41. The Kier molecular flexibility index (Phi) is 2.97. The summed E-state index contributed by atoms with van der Waals surface area (Å²) >= 11 is 0. The van der Waals surface area contributed by atoms with Gasteiger partial charge in [0.05, 0.1) is 5.57 Å². The molecule has 0 bridgehead atoms. The first-order chi connectivity index (χ1) is 12.8. The minimum absolute atomic E-state index is 0.242. The Morgan fingerprint density at radius 1 is 1.38 bits per heavy atom. The lowest BCUT2D eigenvalue weighted by Gasteiger charge is -2.28. The average Bonchev–Trinajstić information content (AvgIpc) is 2.49. The molecule has 0 amide bonds. The Bertz CT molecular complexity index is 860. The van der Waals surface area contributed by atoms with Crippen molar-refractivity contribution in [2.45, 2.75) is 31.9 Å². The summed E-state index contributed by atoms with van der Waals surface area (Å²) in [6, 6.07) is 0.698. The summed E-state index contributed by atoms with van der Waals surface area (Å²) in [4.78, 5) is 11.2. The van der Waals surface area contributed by atoms with Crippen LogP contribution in [0.15, 0.2) is 17.7 Å². The molecule has 0 fully saturated rings. The van der Waals surface area contributed by atoms with Crippen LogP contribution < -0.4 is 9.47 Å². The number of fused-ring (bicyclic) bond motifs is 1. The average molecular weight is 361 g/mol. The van der Waals surface area contributed by atoms with E-state index in [0.717, 1.165) is 0 Å². The molecule has 0 saturated carbocycles. The Labute approximate surface area is 138 Å². The number of rotatable bonds is 3. The number of halogens is 6. The fourth-order valence-electron chi connectivity index (χ4n) is 1.99. The number of carbonyl (C=O) groups is 1. The van der Waals surface area contributed by atoms with Crippen molar-refractivity contribution in [3.63, 3.8) is 0 Å². The molecular formula is C14H10F6O4. The molecule has 0 aromatic heterocycles. The monoisotopic (exact) mass is 361 g/mol. The van der Waals surface area contributed by atoms with E-state index in [1.807, 2.05) is 0 Å². The molecule has 0 unspecified atom stereocenters. The maximum atomic E-state index is 13.2. The zero-order valence-corrected chi connectivity index (χ0v) is 11.2. The standard InChI is InChI=1S/C14H10F6O4/c1-2-6-3-8(24-14(18,19)20)4-7-5-9(12(21)22)11(13(15,16)17)23-10(6)7/h3-5,11H,2H2,1H3,(H,21,22)/t11-/m0/s1/i1D3,2D2. The summed E-state index contributed by atoms with van der Waals surface area (Å²) in [5.41, 5.74) is -3.31. The van der Waals surface area contributed by atoms with Crippen LogP contribution in [0.3, 0.4) is 0 Å². The maximum absolute atomic E-state index is 13.2. The van der Waals surface area contributed by atoms with Gasteiger partial charge in [0.2, 0.25) is 6.10 Å². The number of hydrogen-bond acceptors (Lipinski definition) is 3. The third-order valence-corrected chi connectivity index (χ3v) is 2.83. The first-order valence-electron chi connectivity index (χ1n) is 8.47. The van der Waals surface area contributed by atoms with E-state index in [-0.39, 0.29) is 6.07 Å². The molecule has 0 radical (unpaired) electrons. The fraction of sp³-hybridized carbons (Fsp3) is 0.357. The number of carboxylic acids is 1. The zero-order valence-electron chi connectivity index (χ0n) is 16.2. The van der Waals surface area contributed by atoms with Crippen molar-refractivity contribution in [1.29, 1.82) is 0 Å². The molecule has 24 heavy (non-hydrogen) atoms. The Morgan fingerprint density at radius 3 is 2.54 bits per heavy atom. The van der Waals surface area contributed by atoms with Gasteiger partial charge in [0.15, 0.2) is 0 Å². The van der Waals surface area contributed by atoms with Gasteiger partial charge in [-0.05, 0) is 30.1 Å². The minimum atomic E-state index is -5.30. The van der Waals surface area contributed by atoms with Gasteiger partial charge in [-0.25, -0.2) is 4.79 Å². The van der Waals surface area contributed by atoms with Gasteiger partial charge in [-0.15, -0.1) is 13.2 Å².